The molecule has 1 N–H and O–H groups in total. The summed E-state index contributed by atoms with van der Waals surface area (Å²) >= 11 is 0. The van der Waals surface area contributed by atoms with Crippen molar-refractivity contribution in [2.45, 2.75) is 26.3 Å². The third-order valence-electron chi connectivity index (χ3n) is 3.75. The van der Waals surface area contributed by atoms with Crippen LogP contribution in [0.25, 0.3) is 0 Å². The van der Waals surface area contributed by atoms with Crippen molar-refractivity contribution >= 4 is 0 Å². The molecule has 1 fully saturated rings. The second-order valence-electron chi connectivity index (χ2n) is 5.11. The molecule has 0 atom stereocenters. The maximum Gasteiger partial charge on any atom is 0.0594 e. The average Bonchev–Trinajstić information content (AvgIpc) is 2.48. The molecule has 1 aliphatic heterocycles. The van der Waals surface area contributed by atoms with Crippen molar-refractivity contribution in [3.05, 3.63) is 35.4 Å². The molecule has 0 bridgehead atoms. The number of nitrogens with one attached hydrogen (secondary N) is 1. The molecule has 106 valence electrons. The summed E-state index contributed by atoms with van der Waals surface area (Å²) in [5.74, 6) is 0. The first kappa shape index (κ1) is 14.5. The highest BCUT2D eigenvalue weighted by molar-refractivity contribution is 5.26. The fourth-order valence-electron chi connectivity index (χ4n) is 2.55. The van der Waals surface area contributed by atoms with Crippen molar-refractivity contribution in [1.29, 1.82) is 0 Å². The van der Waals surface area contributed by atoms with E-state index in [9.17, 15) is 0 Å². The van der Waals surface area contributed by atoms with E-state index in [0.717, 1.165) is 45.8 Å². The van der Waals surface area contributed by atoms with Gasteiger partial charge in [-0.2, -0.15) is 0 Å². The maximum absolute atomic E-state index is 5.35. The highest BCUT2D eigenvalue weighted by atomic mass is 16.5. The number of morpholine rings is 1. The van der Waals surface area contributed by atoms with Gasteiger partial charge in [0.2, 0.25) is 0 Å². The van der Waals surface area contributed by atoms with Gasteiger partial charge in [0.05, 0.1) is 13.2 Å². The molecule has 0 unspecified atom stereocenters. The van der Waals surface area contributed by atoms with Crippen LogP contribution in [0.2, 0.25) is 0 Å². The summed E-state index contributed by atoms with van der Waals surface area (Å²) in [7, 11) is 0. The molecule has 1 aromatic rings. The second kappa shape index (κ2) is 8.31. The van der Waals surface area contributed by atoms with E-state index in [4.69, 9.17) is 4.74 Å². The van der Waals surface area contributed by atoms with Gasteiger partial charge in [0, 0.05) is 19.6 Å². The third kappa shape index (κ3) is 4.94. The molecular formula is C16H26N2O. The van der Waals surface area contributed by atoms with E-state index >= 15 is 0 Å². The van der Waals surface area contributed by atoms with Crippen molar-refractivity contribution in [1.82, 2.24) is 10.2 Å². The van der Waals surface area contributed by atoms with Gasteiger partial charge in [-0.25, -0.2) is 0 Å². The molecule has 0 aromatic heterocycles. The quantitative estimate of drug-likeness (QED) is 0.761. The first-order valence-electron chi connectivity index (χ1n) is 7.47. The molecule has 0 amide bonds. The summed E-state index contributed by atoms with van der Waals surface area (Å²) in [6.07, 6.45) is 2.33. The van der Waals surface area contributed by atoms with E-state index in [1.165, 1.54) is 24.1 Å². The normalized spacial score (nSPS) is 16.7. The molecule has 0 saturated carbocycles. The van der Waals surface area contributed by atoms with E-state index in [1.54, 1.807) is 0 Å². The van der Waals surface area contributed by atoms with E-state index in [2.05, 4.69) is 41.4 Å². The number of aryl methyl sites for hydroxylation is 1. The molecular weight excluding hydrogens is 236 g/mol. The lowest BCUT2D eigenvalue weighted by atomic mass is 10.1. The Morgan fingerprint density at radius 1 is 1.16 bits per heavy atom. The lowest BCUT2D eigenvalue weighted by Crippen LogP contribution is -2.37. The second-order valence-corrected chi connectivity index (χ2v) is 5.11. The van der Waals surface area contributed by atoms with E-state index in [0.29, 0.717) is 0 Å². The van der Waals surface area contributed by atoms with E-state index < -0.39 is 0 Å². The summed E-state index contributed by atoms with van der Waals surface area (Å²) < 4.78 is 5.35. The van der Waals surface area contributed by atoms with Crippen LogP contribution in [-0.4, -0.2) is 44.3 Å². The molecule has 1 saturated heterocycles. The molecule has 2 rings (SSSR count). The monoisotopic (exact) mass is 262 g/mol. The van der Waals surface area contributed by atoms with Crippen molar-refractivity contribution in [3.8, 4) is 0 Å². The summed E-state index contributed by atoms with van der Waals surface area (Å²) in [5, 5.41) is 3.56. The zero-order valence-corrected chi connectivity index (χ0v) is 12.0. The van der Waals surface area contributed by atoms with Gasteiger partial charge in [-0.15, -0.1) is 0 Å². The average molecular weight is 262 g/mol. The van der Waals surface area contributed by atoms with E-state index in [-0.39, 0.29) is 0 Å². The predicted octanol–water partition coefficient (Wildman–Crippen LogP) is 2.06. The minimum atomic E-state index is 0.900. The zero-order valence-electron chi connectivity index (χ0n) is 12.0. The van der Waals surface area contributed by atoms with Gasteiger partial charge < -0.3 is 10.1 Å². The standard InChI is InChI=1S/C16H26N2O/c1-2-15-6-3-4-7-16(15)14-17-8-5-9-18-10-12-19-13-11-18/h3-4,6-7,17H,2,5,8-14H2,1H3. The van der Waals surface area contributed by atoms with Gasteiger partial charge in [-0.1, -0.05) is 31.2 Å². The molecule has 0 aliphatic carbocycles. The third-order valence-corrected chi connectivity index (χ3v) is 3.75. The molecule has 3 nitrogen and oxygen atoms in total. The van der Waals surface area contributed by atoms with Crippen LogP contribution < -0.4 is 5.32 Å². The van der Waals surface area contributed by atoms with Crippen molar-refractivity contribution in [2.24, 2.45) is 0 Å². The molecule has 0 spiro atoms. The number of nitrogens with zero attached hydrogens (tertiary/aromatic N) is 1. The maximum atomic E-state index is 5.35. The van der Waals surface area contributed by atoms with Gasteiger partial charge in [-0.3, -0.25) is 4.90 Å². The van der Waals surface area contributed by atoms with E-state index in [1.807, 2.05) is 0 Å². The Bertz CT molecular complexity index is 362. The minimum absolute atomic E-state index is 0.900. The van der Waals surface area contributed by atoms with Crippen LogP contribution in [0.15, 0.2) is 24.3 Å². The smallest absolute Gasteiger partial charge is 0.0594 e. The summed E-state index contributed by atoms with van der Waals surface area (Å²) in [6, 6.07) is 8.71. The Kier molecular flexibility index (Phi) is 6.34. The van der Waals surface area contributed by atoms with Crippen LogP contribution >= 0.6 is 0 Å². The SMILES string of the molecule is CCc1ccccc1CNCCCN1CCOCC1. The Morgan fingerprint density at radius 2 is 1.89 bits per heavy atom. The summed E-state index contributed by atoms with van der Waals surface area (Å²) in [6.45, 7) is 9.48. The number of ether oxygens (including phenoxy) is 1. The molecule has 19 heavy (non-hydrogen) atoms. The number of benzene rings is 1. The van der Waals surface area contributed by atoms with Crippen LogP contribution in [-0.2, 0) is 17.7 Å². The van der Waals surface area contributed by atoms with Crippen LogP contribution in [0, 0.1) is 0 Å². The highest BCUT2D eigenvalue weighted by Gasteiger charge is 2.08. The summed E-state index contributed by atoms with van der Waals surface area (Å²) in [5.41, 5.74) is 2.90. The molecule has 1 aliphatic rings. The number of hydrogen-bond acceptors (Lipinski definition) is 3. The number of rotatable bonds is 7. The highest BCUT2D eigenvalue weighted by Crippen LogP contribution is 2.08. The van der Waals surface area contributed by atoms with Crippen LogP contribution in [0.3, 0.4) is 0 Å². The lowest BCUT2D eigenvalue weighted by molar-refractivity contribution is 0.0374. The Labute approximate surface area is 116 Å². The first-order valence-corrected chi connectivity index (χ1v) is 7.47. The fraction of sp³-hybridized carbons (Fsp3) is 0.625. The van der Waals surface area contributed by atoms with Crippen molar-refractivity contribution in [2.75, 3.05) is 39.4 Å². The predicted molar refractivity (Wildman–Crippen MR) is 79.4 cm³/mol. The molecule has 1 aromatic carbocycles. The molecule has 1 heterocycles. The molecule has 0 radical (unpaired) electrons. The van der Waals surface area contributed by atoms with Gasteiger partial charge >= 0.3 is 0 Å². The number of hydrogen-bond donors (Lipinski definition) is 1. The first-order chi connectivity index (χ1) is 9.40. The zero-order chi connectivity index (χ0) is 13.3. The van der Waals surface area contributed by atoms with Gasteiger partial charge in [0.1, 0.15) is 0 Å². The van der Waals surface area contributed by atoms with Gasteiger partial charge in [0.25, 0.3) is 0 Å². The Balaban J connectivity index is 1.61. The summed E-state index contributed by atoms with van der Waals surface area (Å²) in [4.78, 5) is 2.49. The van der Waals surface area contributed by atoms with Crippen molar-refractivity contribution in [3.63, 3.8) is 0 Å². The lowest BCUT2D eigenvalue weighted by Gasteiger charge is -2.26. The van der Waals surface area contributed by atoms with Gasteiger partial charge in [0.15, 0.2) is 0 Å². The van der Waals surface area contributed by atoms with Gasteiger partial charge in [-0.05, 0) is 37.1 Å². The van der Waals surface area contributed by atoms with Crippen molar-refractivity contribution < 1.29 is 4.74 Å². The molecule has 3 heteroatoms. The fourth-order valence-corrected chi connectivity index (χ4v) is 2.55. The largest absolute Gasteiger partial charge is 0.379 e. The Morgan fingerprint density at radius 3 is 2.63 bits per heavy atom. The van der Waals surface area contributed by atoms with Crippen LogP contribution in [0.1, 0.15) is 24.5 Å². The Hall–Kier alpha value is -0.900. The van der Waals surface area contributed by atoms with Crippen LogP contribution in [0.5, 0.6) is 0 Å². The minimum Gasteiger partial charge on any atom is -0.379 e. The topological polar surface area (TPSA) is 24.5 Å². The van der Waals surface area contributed by atoms with Crippen LogP contribution in [0.4, 0.5) is 0 Å².